The second-order valence-electron chi connectivity index (χ2n) is 12.8. The van der Waals surface area contributed by atoms with Gasteiger partial charge in [0, 0.05) is 27.2 Å². The summed E-state index contributed by atoms with van der Waals surface area (Å²) >= 11 is 0. The maximum absolute atomic E-state index is 13.9. The molecule has 0 radical (unpaired) electrons. The Morgan fingerprint density at radius 3 is 1.78 bits per heavy atom. The van der Waals surface area contributed by atoms with Crippen LogP contribution in [0.2, 0.25) is 0 Å². The number of hydrogen-bond acceptors (Lipinski definition) is 3. The third kappa shape index (κ3) is 4.03. The summed E-state index contributed by atoms with van der Waals surface area (Å²) in [5, 5.41) is 14.7. The summed E-state index contributed by atoms with van der Waals surface area (Å²) in [5.74, 6) is -0.886. The molecule has 238 valence electrons. The third-order valence-electron chi connectivity index (χ3n) is 10.1. The van der Waals surface area contributed by atoms with Crippen LogP contribution in [-0.4, -0.2) is 20.9 Å². The molecular weight excluding hydrogens is 629 g/mol. The van der Waals surface area contributed by atoms with Gasteiger partial charge in [0.1, 0.15) is 6.07 Å². The number of carbonyl (C=O) groups excluding carboxylic acids is 2. The number of nitriles is 1. The second-order valence-corrected chi connectivity index (χ2v) is 12.8. The fourth-order valence-corrected chi connectivity index (χ4v) is 7.90. The summed E-state index contributed by atoms with van der Waals surface area (Å²) in [6, 6.07) is 54.4. The number of amides is 2. The van der Waals surface area contributed by atoms with E-state index >= 15 is 0 Å². The Morgan fingerprint density at radius 1 is 0.471 bits per heavy atom. The van der Waals surface area contributed by atoms with Crippen molar-refractivity contribution in [2.24, 2.45) is 0 Å². The summed E-state index contributed by atoms with van der Waals surface area (Å²) in [4.78, 5) is 29.0. The highest BCUT2D eigenvalue weighted by Crippen LogP contribution is 2.44. The quantitative estimate of drug-likeness (QED) is 0.177. The smallest absolute Gasteiger partial charge is 0.266 e. The van der Waals surface area contributed by atoms with Crippen LogP contribution in [0.15, 0.2) is 158 Å². The van der Waals surface area contributed by atoms with Crippen molar-refractivity contribution in [2.75, 3.05) is 4.90 Å². The van der Waals surface area contributed by atoms with Gasteiger partial charge in [0.15, 0.2) is 0 Å². The lowest BCUT2D eigenvalue weighted by Crippen LogP contribution is -2.31. The van der Waals surface area contributed by atoms with Gasteiger partial charge in [0.05, 0.1) is 50.1 Å². The van der Waals surface area contributed by atoms with Crippen molar-refractivity contribution in [3.63, 3.8) is 0 Å². The van der Waals surface area contributed by atoms with E-state index in [1.165, 1.54) is 4.90 Å². The first-order valence-electron chi connectivity index (χ1n) is 16.8. The number of imide groups is 1. The molecule has 0 atom stereocenters. The number of hydrogen-bond donors (Lipinski definition) is 0. The lowest BCUT2D eigenvalue weighted by Gasteiger charge is -2.21. The molecule has 1 aliphatic heterocycles. The number of anilines is 1. The molecule has 0 N–H and O–H groups in total. The Bertz CT molecular complexity index is 2930. The summed E-state index contributed by atoms with van der Waals surface area (Å²) in [5.41, 5.74) is 8.98. The van der Waals surface area contributed by atoms with Crippen LogP contribution in [0.4, 0.5) is 5.69 Å². The summed E-state index contributed by atoms with van der Waals surface area (Å²) in [7, 11) is 0. The Labute approximate surface area is 292 Å². The molecule has 0 saturated carbocycles. The van der Waals surface area contributed by atoms with Gasteiger partial charge in [-0.2, -0.15) is 5.26 Å². The molecule has 6 heteroatoms. The molecule has 9 aromatic rings. The first-order chi connectivity index (χ1) is 25.1. The highest BCUT2D eigenvalue weighted by molar-refractivity contribution is 6.35. The van der Waals surface area contributed by atoms with Crippen molar-refractivity contribution < 1.29 is 9.59 Å². The van der Waals surface area contributed by atoms with Crippen molar-refractivity contribution in [1.82, 2.24) is 9.13 Å². The average Bonchev–Trinajstić information content (AvgIpc) is 3.79. The van der Waals surface area contributed by atoms with E-state index in [0.29, 0.717) is 16.8 Å². The molecule has 0 bridgehead atoms. The van der Waals surface area contributed by atoms with E-state index in [-0.39, 0.29) is 11.3 Å². The molecule has 0 fully saturated rings. The largest absolute Gasteiger partial charge is 0.309 e. The average molecular weight is 655 g/mol. The third-order valence-corrected chi connectivity index (χ3v) is 10.1. The van der Waals surface area contributed by atoms with E-state index < -0.39 is 11.8 Å². The predicted molar refractivity (Wildman–Crippen MR) is 203 cm³/mol. The molecule has 2 amide bonds. The number of rotatable bonds is 4. The summed E-state index contributed by atoms with van der Waals surface area (Å²) < 4.78 is 4.42. The topological polar surface area (TPSA) is 71.0 Å². The van der Waals surface area contributed by atoms with Crippen LogP contribution in [0.25, 0.3) is 66.1 Å². The summed E-state index contributed by atoms with van der Waals surface area (Å²) in [6.45, 7) is 0. The number of benzene rings is 7. The molecular formula is C45H26N4O2. The fraction of sp³-hybridized carbons (Fsp3) is 0. The maximum atomic E-state index is 13.9. The van der Waals surface area contributed by atoms with E-state index in [4.69, 9.17) is 0 Å². The van der Waals surface area contributed by atoms with Gasteiger partial charge >= 0.3 is 0 Å². The van der Waals surface area contributed by atoms with Crippen LogP contribution in [0, 0.1) is 11.3 Å². The number of fused-ring (bicyclic) bond motifs is 8. The number of para-hydroxylation sites is 3. The first-order valence-corrected chi connectivity index (χ1v) is 16.8. The Morgan fingerprint density at radius 2 is 1.08 bits per heavy atom. The highest BCUT2D eigenvalue weighted by atomic mass is 16.2. The zero-order chi connectivity index (χ0) is 34.2. The van der Waals surface area contributed by atoms with Crippen molar-refractivity contribution in [3.8, 4) is 28.6 Å². The molecule has 1 aliphatic rings. The normalized spacial score (nSPS) is 12.7. The monoisotopic (exact) mass is 654 g/mol. The van der Waals surface area contributed by atoms with Gasteiger partial charge in [-0.25, -0.2) is 4.90 Å². The minimum atomic E-state index is -0.443. The van der Waals surface area contributed by atoms with E-state index in [2.05, 4.69) is 106 Å². The standard InChI is InChI=1S/C45H26N4O2/c46-27-30-13-10-20-40(42(30)49-44(50)34-15-4-5-16-35(34)45(49)51)48-38-19-9-7-17-36(38)41-39(48)26-25-33-32-14-6-8-18-37(32)47(43(33)41)31-23-21-29(22-24-31)28-11-2-1-3-12-28/h1-26H. The van der Waals surface area contributed by atoms with Gasteiger partial charge in [0.25, 0.3) is 11.8 Å². The van der Waals surface area contributed by atoms with Gasteiger partial charge in [0.2, 0.25) is 0 Å². The van der Waals surface area contributed by atoms with Crippen LogP contribution in [-0.2, 0) is 0 Å². The molecule has 0 spiro atoms. The zero-order valence-electron chi connectivity index (χ0n) is 27.1. The molecule has 0 aliphatic carbocycles. The van der Waals surface area contributed by atoms with Gasteiger partial charge in [-0.1, -0.05) is 103 Å². The Hall–Kier alpha value is -7.23. The second kappa shape index (κ2) is 10.9. The van der Waals surface area contributed by atoms with E-state index in [0.717, 1.165) is 60.4 Å². The molecule has 2 aromatic heterocycles. The fourth-order valence-electron chi connectivity index (χ4n) is 7.90. The van der Waals surface area contributed by atoms with Gasteiger partial charge in [-0.3, -0.25) is 9.59 Å². The SMILES string of the molecule is N#Cc1cccc(-n2c3ccccc3c3c2ccc2c4ccccc4n(-c4ccc(-c5ccccc5)cc4)c23)c1N1C(=O)c2ccccc2C1=O. The van der Waals surface area contributed by atoms with Gasteiger partial charge in [-0.15, -0.1) is 0 Å². The lowest BCUT2D eigenvalue weighted by molar-refractivity contribution is 0.0926. The molecule has 10 rings (SSSR count). The first kappa shape index (κ1) is 28.8. The van der Waals surface area contributed by atoms with Crippen LogP contribution in [0.1, 0.15) is 26.3 Å². The summed E-state index contributed by atoms with van der Waals surface area (Å²) in [6.07, 6.45) is 0. The minimum Gasteiger partial charge on any atom is -0.309 e. The number of aromatic nitrogens is 2. The van der Waals surface area contributed by atoms with E-state index in [9.17, 15) is 14.9 Å². The number of carbonyl (C=O) groups is 2. The van der Waals surface area contributed by atoms with Gasteiger partial charge in [-0.05, 0) is 65.7 Å². The lowest BCUT2D eigenvalue weighted by atomic mass is 10.1. The van der Waals surface area contributed by atoms with Crippen LogP contribution >= 0.6 is 0 Å². The van der Waals surface area contributed by atoms with Crippen molar-refractivity contribution in [3.05, 3.63) is 174 Å². The Kier molecular flexibility index (Phi) is 6.14. The van der Waals surface area contributed by atoms with Crippen molar-refractivity contribution in [1.29, 1.82) is 5.26 Å². The van der Waals surface area contributed by atoms with Crippen LogP contribution < -0.4 is 4.90 Å². The van der Waals surface area contributed by atoms with Crippen LogP contribution in [0.3, 0.4) is 0 Å². The predicted octanol–water partition coefficient (Wildman–Crippen LogP) is 10.2. The van der Waals surface area contributed by atoms with E-state index in [1.807, 2.05) is 30.3 Å². The zero-order valence-corrected chi connectivity index (χ0v) is 27.1. The van der Waals surface area contributed by atoms with Crippen molar-refractivity contribution in [2.45, 2.75) is 0 Å². The molecule has 7 aromatic carbocycles. The molecule has 0 saturated heterocycles. The Balaban J connectivity index is 1.29. The highest BCUT2D eigenvalue weighted by Gasteiger charge is 2.39. The van der Waals surface area contributed by atoms with E-state index in [1.54, 1.807) is 36.4 Å². The minimum absolute atomic E-state index is 0.238. The molecule has 3 heterocycles. The molecule has 0 unspecified atom stereocenters. The van der Waals surface area contributed by atoms with Crippen molar-refractivity contribution >= 4 is 61.1 Å². The van der Waals surface area contributed by atoms with Crippen LogP contribution in [0.5, 0.6) is 0 Å². The number of nitrogens with zero attached hydrogens (tertiary/aromatic N) is 4. The van der Waals surface area contributed by atoms with Gasteiger partial charge < -0.3 is 9.13 Å². The molecule has 51 heavy (non-hydrogen) atoms. The molecule has 6 nitrogen and oxygen atoms in total. The maximum Gasteiger partial charge on any atom is 0.266 e.